The molecule has 0 aliphatic carbocycles. The molecule has 0 aliphatic rings. The van der Waals surface area contributed by atoms with Gasteiger partial charge in [-0.15, -0.1) is 0 Å². The molecule has 0 amide bonds. The highest BCUT2D eigenvalue weighted by Gasteiger charge is 2.17. The SMILES string of the molecule is COC(=O)c1cccn1-c1cc(Br)cc(F)c1C#N. The van der Waals surface area contributed by atoms with Crippen molar-refractivity contribution in [3.63, 3.8) is 0 Å². The number of methoxy groups -OCH3 is 1. The zero-order chi connectivity index (χ0) is 14.0. The van der Waals surface area contributed by atoms with Gasteiger partial charge in [-0.3, -0.25) is 0 Å². The van der Waals surface area contributed by atoms with Crippen LogP contribution in [0.4, 0.5) is 4.39 Å². The molecule has 0 radical (unpaired) electrons. The molecule has 0 saturated carbocycles. The zero-order valence-corrected chi connectivity index (χ0v) is 11.4. The van der Waals surface area contributed by atoms with Crippen LogP contribution in [0.3, 0.4) is 0 Å². The number of esters is 1. The van der Waals surface area contributed by atoms with Crippen molar-refractivity contribution in [2.24, 2.45) is 0 Å². The summed E-state index contributed by atoms with van der Waals surface area (Å²) in [5.74, 6) is -1.22. The molecule has 0 fully saturated rings. The molecule has 0 spiro atoms. The van der Waals surface area contributed by atoms with Crippen molar-refractivity contribution < 1.29 is 13.9 Å². The monoisotopic (exact) mass is 322 g/mol. The van der Waals surface area contributed by atoms with Gasteiger partial charge in [0.1, 0.15) is 23.1 Å². The van der Waals surface area contributed by atoms with Crippen LogP contribution >= 0.6 is 15.9 Å². The van der Waals surface area contributed by atoms with Gasteiger partial charge in [-0.1, -0.05) is 15.9 Å². The Balaban J connectivity index is 2.70. The largest absolute Gasteiger partial charge is 0.464 e. The van der Waals surface area contributed by atoms with Crippen molar-refractivity contribution >= 4 is 21.9 Å². The van der Waals surface area contributed by atoms with Gasteiger partial charge < -0.3 is 9.30 Å². The Morgan fingerprint density at radius 1 is 1.53 bits per heavy atom. The fraction of sp³-hybridized carbons (Fsp3) is 0.0769. The van der Waals surface area contributed by atoms with E-state index < -0.39 is 11.8 Å². The molecule has 0 saturated heterocycles. The maximum absolute atomic E-state index is 13.7. The number of carbonyl (C=O) groups is 1. The second kappa shape index (κ2) is 5.24. The molecule has 2 aromatic rings. The molecule has 6 heteroatoms. The maximum atomic E-state index is 13.7. The summed E-state index contributed by atoms with van der Waals surface area (Å²) < 4.78 is 20.3. The third kappa shape index (κ3) is 2.37. The summed E-state index contributed by atoms with van der Waals surface area (Å²) in [5.41, 5.74) is 0.362. The van der Waals surface area contributed by atoms with E-state index in [9.17, 15) is 9.18 Å². The third-order valence-electron chi connectivity index (χ3n) is 2.55. The van der Waals surface area contributed by atoms with E-state index in [1.165, 1.54) is 23.8 Å². The second-order valence-electron chi connectivity index (χ2n) is 3.65. The van der Waals surface area contributed by atoms with Crippen LogP contribution in [-0.2, 0) is 4.74 Å². The Kier molecular flexibility index (Phi) is 3.67. The normalized spacial score (nSPS) is 10.0. The smallest absolute Gasteiger partial charge is 0.355 e. The van der Waals surface area contributed by atoms with E-state index in [2.05, 4.69) is 20.7 Å². The molecule has 0 N–H and O–H groups in total. The zero-order valence-electron chi connectivity index (χ0n) is 9.85. The lowest BCUT2D eigenvalue weighted by Gasteiger charge is -2.10. The Hall–Kier alpha value is -2.13. The van der Waals surface area contributed by atoms with E-state index in [1.54, 1.807) is 24.4 Å². The number of hydrogen-bond acceptors (Lipinski definition) is 3. The topological polar surface area (TPSA) is 55.0 Å². The molecule has 1 heterocycles. The third-order valence-corrected chi connectivity index (χ3v) is 3.01. The maximum Gasteiger partial charge on any atom is 0.355 e. The van der Waals surface area contributed by atoms with Crippen molar-refractivity contribution in [3.8, 4) is 11.8 Å². The first-order valence-electron chi connectivity index (χ1n) is 5.23. The fourth-order valence-electron chi connectivity index (χ4n) is 1.72. The Morgan fingerprint density at radius 2 is 2.26 bits per heavy atom. The first-order chi connectivity index (χ1) is 9.08. The molecule has 0 bridgehead atoms. The summed E-state index contributed by atoms with van der Waals surface area (Å²) in [6.45, 7) is 0. The second-order valence-corrected chi connectivity index (χ2v) is 4.56. The summed E-state index contributed by atoms with van der Waals surface area (Å²) in [4.78, 5) is 11.6. The van der Waals surface area contributed by atoms with Gasteiger partial charge in [0.25, 0.3) is 0 Å². The summed E-state index contributed by atoms with van der Waals surface area (Å²) in [6.07, 6.45) is 1.56. The first-order valence-corrected chi connectivity index (χ1v) is 6.03. The number of halogens is 2. The number of rotatable bonds is 2. The molecule has 96 valence electrons. The average Bonchev–Trinajstić information content (AvgIpc) is 2.86. The number of carbonyl (C=O) groups excluding carboxylic acids is 1. The van der Waals surface area contributed by atoms with Crippen LogP contribution in [0.1, 0.15) is 16.1 Å². The molecule has 19 heavy (non-hydrogen) atoms. The van der Waals surface area contributed by atoms with Crippen molar-refractivity contribution in [2.75, 3.05) is 7.11 Å². The molecular formula is C13H8BrFN2O2. The van der Waals surface area contributed by atoms with Gasteiger partial charge in [0.05, 0.1) is 12.8 Å². The van der Waals surface area contributed by atoms with E-state index in [-0.39, 0.29) is 16.9 Å². The van der Waals surface area contributed by atoms with Crippen LogP contribution < -0.4 is 0 Å². The van der Waals surface area contributed by atoms with Gasteiger partial charge in [-0.2, -0.15) is 5.26 Å². The number of hydrogen-bond donors (Lipinski definition) is 0. The van der Waals surface area contributed by atoms with E-state index in [4.69, 9.17) is 5.26 Å². The molecule has 2 rings (SSSR count). The molecule has 0 unspecified atom stereocenters. The lowest BCUT2D eigenvalue weighted by molar-refractivity contribution is 0.0591. The van der Waals surface area contributed by atoms with Gasteiger partial charge in [-0.25, -0.2) is 9.18 Å². The minimum atomic E-state index is -0.656. The highest BCUT2D eigenvalue weighted by Crippen LogP contribution is 2.25. The number of nitriles is 1. The summed E-state index contributed by atoms with van der Waals surface area (Å²) in [6, 6.07) is 7.71. The van der Waals surface area contributed by atoms with Crippen molar-refractivity contribution in [2.45, 2.75) is 0 Å². The Bertz CT molecular complexity index is 688. The summed E-state index contributed by atoms with van der Waals surface area (Å²) in [5, 5.41) is 9.04. The number of ether oxygens (including phenoxy) is 1. The van der Waals surface area contributed by atoms with E-state index in [0.717, 1.165) is 0 Å². The van der Waals surface area contributed by atoms with Gasteiger partial charge in [-0.05, 0) is 24.3 Å². The minimum Gasteiger partial charge on any atom is -0.464 e. The van der Waals surface area contributed by atoms with Crippen LogP contribution in [0.2, 0.25) is 0 Å². The van der Waals surface area contributed by atoms with E-state index in [1.807, 2.05) is 0 Å². The molecule has 4 nitrogen and oxygen atoms in total. The predicted octanol–water partition coefficient (Wildman–Crippen LogP) is 3.04. The van der Waals surface area contributed by atoms with Crippen LogP contribution in [-0.4, -0.2) is 17.6 Å². The summed E-state index contributed by atoms with van der Waals surface area (Å²) >= 11 is 3.16. The quantitative estimate of drug-likeness (QED) is 0.798. The molecule has 1 aromatic carbocycles. The highest BCUT2D eigenvalue weighted by molar-refractivity contribution is 9.10. The minimum absolute atomic E-state index is 0.135. The van der Waals surface area contributed by atoms with Crippen LogP contribution in [0, 0.1) is 17.1 Å². The predicted molar refractivity (Wildman–Crippen MR) is 69.5 cm³/mol. The van der Waals surface area contributed by atoms with Gasteiger partial charge in [0.15, 0.2) is 0 Å². The lowest BCUT2D eigenvalue weighted by atomic mass is 10.1. The summed E-state index contributed by atoms with van der Waals surface area (Å²) in [7, 11) is 1.26. The number of nitrogens with zero attached hydrogens (tertiary/aromatic N) is 2. The molecule has 1 aromatic heterocycles. The Labute approximate surface area is 117 Å². The molecular weight excluding hydrogens is 315 g/mol. The van der Waals surface area contributed by atoms with Gasteiger partial charge in [0, 0.05) is 10.7 Å². The van der Waals surface area contributed by atoms with Crippen LogP contribution in [0.5, 0.6) is 0 Å². The van der Waals surface area contributed by atoms with E-state index >= 15 is 0 Å². The van der Waals surface area contributed by atoms with Crippen molar-refractivity contribution in [3.05, 3.63) is 52.0 Å². The lowest BCUT2D eigenvalue weighted by Crippen LogP contribution is -2.10. The van der Waals surface area contributed by atoms with Crippen LogP contribution in [0.15, 0.2) is 34.9 Å². The van der Waals surface area contributed by atoms with Gasteiger partial charge in [0.2, 0.25) is 0 Å². The van der Waals surface area contributed by atoms with Crippen molar-refractivity contribution in [1.82, 2.24) is 4.57 Å². The average molecular weight is 323 g/mol. The number of benzene rings is 1. The highest BCUT2D eigenvalue weighted by atomic mass is 79.9. The van der Waals surface area contributed by atoms with Gasteiger partial charge >= 0.3 is 5.97 Å². The number of aromatic nitrogens is 1. The molecule has 0 atom stereocenters. The van der Waals surface area contributed by atoms with Crippen LogP contribution in [0.25, 0.3) is 5.69 Å². The van der Waals surface area contributed by atoms with E-state index in [0.29, 0.717) is 4.47 Å². The first kappa shape index (κ1) is 13.3. The molecule has 0 aliphatic heterocycles. The Morgan fingerprint density at radius 3 is 2.89 bits per heavy atom. The van der Waals surface area contributed by atoms with Crippen molar-refractivity contribution in [1.29, 1.82) is 5.26 Å². The fourth-order valence-corrected chi connectivity index (χ4v) is 2.14. The standard InChI is InChI=1S/C13H8BrFN2O2/c1-19-13(18)11-3-2-4-17(11)12-6-8(14)5-10(15)9(12)7-16/h2-6H,1H3.